The summed E-state index contributed by atoms with van der Waals surface area (Å²) >= 11 is 0. The summed E-state index contributed by atoms with van der Waals surface area (Å²) in [5, 5.41) is 2.86. The fourth-order valence-corrected chi connectivity index (χ4v) is 2.72. The van der Waals surface area contributed by atoms with Gasteiger partial charge in [-0.25, -0.2) is 0 Å². The molecule has 2 heterocycles. The van der Waals surface area contributed by atoms with Crippen LogP contribution in [0.2, 0.25) is 0 Å². The van der Waals surface area contributed by atoms with Crippen LogP contribution in [-0.4, -0.2) is 12.5 Å². The number of benzene rings is 1. The summed E-state index contributed by atoms with van der Waals surface area (Å²) in [6.45, 7) is 2.74. The first kappa shape index (κ1) is 12.9. The molecule has 3 N–H and O–H groups in total. The zero-order valence-electron chi connectivity index (χ0n) is 11.5. The Kier molecular flexibility index (Phi) is 3.32. The number of hydrogen-bond acceptors (Lipinski definition) is 3. The maximum Gasteiger partial charge on any atom is 0.251 e. The van der Waals surface area contributed by atoms with Gasteiger partial charge in [0.25, 0.3) is 5.91 Å². The molecule has 20 heavy (non-hydrogen) atoms. The molecule has 0 aliphatic carbocycles. The van der Waals surface area contributed by atoms with Crippen LogP contribution in [0.5, 0.6) is 0 Å². The number of fused-ring (bicyclic) bond motifs is 1. The maximum atomic E-state index is 11.9. The number of hydrogen-bond donors (Lipinski definition) is 2. The van der Waals surface area contributed by atoms with E-state index in [0.717, 1.165) is 40.9 Å². The van der Waals surface area contributed by atoms with E-state index in [4.69, 9.17) is 10.2 Å². The van der Waals surface area contributed by atoms with E-state index in [9.17, 15) is 4.79 Å². The quantitative estimate of drug-likeness (QED) is 0.898. The molecule has 1 aromatic carbocycles. The minimum absolute atomic E-state index is 0.0109. The van der Waals surface area contributed by atoms with Crippen LogP contribution in [0.3, 0.4) is 0 Å². The van der Waals surface area contributed by atoms with Crippen LogP contribution in [0, 0.1) is 0 Å². The molecule has 0 fully saturated rings. The third-order valence-corrected chi connectivity index (χ3v) is 3.85. The van der Waals surface area contributed by atoms with Crippen molar-refractivity contribution in [3.63, 3.8) is 0 Å². The lowest BCUT2D eigenvalue weighted by Crippen LogP contribution is -2.32. The Hall–Kier alpha value is -2.07. The molecule has 4 nitrogen and oxygen atoms in total. The van der Waals surface area contributed by atoms with Gasteiger partial charge in [0.15, 0.2) is 0 Å². The first-order valence-electron chi connectivity index (χ1n) is 6.93. The molecular weight excluding hydrogens is 252 g/mol. The van der Waals surface area contributed by atoms with Gasteiger partial charge in [0.2, 0.25) is 0 Å². The van der Waals surface area contributed by atoms with Gasteiger partial charge in [0.1, 0.15) is 5.76 Å². The lowest BCUT2D eigenvalue weighted by Gasteiger charge is -2.19. The number of nitrogens with two attached hydrogens (primary N) is 1. The summed E-state index contributed by atoms with van der Waals surface area (Å²) < 4.78 is 5.43. The lowest BCUT2D eigenvalue weighted by atomic mass is 9.92. The average molecular weight is 270 g/mol. The molecule has 104 valence electrons. The zero-order valence-corrected chi connectivity index (χ0v) is 11.5. The highest BCUT2D eigenvalue weighted by molar-refractivity contribution is 5.96. The van der Waals surface area contributed by atoms with Crippen molar-refractivity contribution in [3.05, 3.63) is 58.5 Å². The summed E-state index contributed by atoms with van der Waals surface area (Å²) in [5.41, 5.74) is 10.1. The molecule has 1 aromatic heterocycles. The van der Waals surface area contributed by atoms with Crippen molar-refractivity contribution in [1.82, 2.24) is 5.32 Å². The van der Waals surface area contributed by atoms with E-state index < -0.39 is 0 Å². The molecule has 1 unspecified atom stereocenters. The van der Waals surface area contributed by atoms with Crippen LogP contribution in [0.15, 0.2) is 34.9 Å². The van der Waals surface area contributed by atoms with E-state index in [1.165, 1.54) is 0 Å². The second kappa shape index (κ2) is 5.13. The third kappa shape index (κ3) is 2.12. The zero-order chi connectivity index (χ0) is 14.1. The fourth-order valence-electron chi connectivity index (χ4n) is 2.72. The number of amides is 1. The third-order valence-electron chi connectivity index (χ3n) is 3.85. The summed E-state index contributed by atoms with van der Waals surface area (Å²) in [5.74, 6) is 0.892. The number of carbonyl (C=O) groups is 1. The van der Waals surface area contributed by atoms with Gasteiger partial charge in [-0.05, 0) is 29.7 Å². The Morgan fingerprint density at radius 2 is 2.25 bits per heavy atom. The predicted molar refractivity (Wildman–Crippen MR) is 76.6 cm³/mol. The molecule has 1 aliphatic rings. The number of furan rings is 1. The van der Waals surface area contributed by atoms with E-state index in [2.05, 4.69) is 5.32 Å². The summed E-state index contributed by atoms with van der Waals surface area (Å²) in [6.07, 6.45) is 3.35. The van der Waals surface area contributed by atoms with Gasteiger partial charge >= 0.3 is 0 Å². The summed E-state index contributed by atoms with van der Waals surface area (Å²) in [6, 6.07) is 7.57. The van der Waals surface area contributed by atoms with Gasteiger partial charge in [-0.1, -0.05) is 19.1 Å². The van der Waals surface area contributed by atoms with Crippen LogP contribution >= 0.6 is 0 Å². The van der Waals surface area contributed by atoms with Crippen LogP contribution in [0.25, 0.3) is 0 Å². The summed E-state index contributed by atoms with van der Waals surface area (Å²) in [7, 11) is 0. The van der Waals surface area contributed by atoms with E-state index in [1.54, 1.807) is 6.26 Å². The van der Waals surface area contributed by atoms with Crippen molar-refractivity contribution in [1.29, 1.82) is 0 Å². The molecule has 1 amide bonds. The molecule has 0 saturated heterocycles. The van der Waals surface area contributed by atoms with Crippen LogP contribution in [0.1, 0.15) is 45.8 Å². The first-order valence-corrected chi connectivity index (χ1v) is 6.93. The van der Waals surface area contributed by atoms with Gasteiger partial charge in [-0.3, -0.25) is 4.79 Å². The Morgan fingerprint density at radius 1 is 1.40 bits per heavy atom. The highest BCUT2D eigenvalue weighted by Gasteiger charge is 2.20. The molecule has 3 rings (SSSR count). The van der Waals surface area contributed by atoms with Crippen molar-refractivity contribution < 1.29 is 9.21 Å². The molecule has 0 spiro atoms. The number of aryl methyl sites for hydroxylation is 1. The van der Waals surface area contributed by atoms with E-state index in [0.29, 0.717) is 6.54 Å². The van der Waals surface area contributed by atoms with Gasteiger partial charge < -0.3 is 15.5 Å². The fraction of sp³-hybridized carbons (Fsp3) is 0.312. The highest BCUT2D eigenvalue weighted by atomic mass is 16.3. The van der Waals surface area contributed by atoms with Gasteiger partial charge in [0, 0.05) is 24.1 Å². The second-order valence-electron chi connectivity index (χ2n) is 5.05. The van der Waals surface area contributed by atoms with Crippen LogP contribution < -0.4 is 11.1 Å². The van der Waals surface area contributed by atoms with Crippen molar-refractivity contribution in [2.75, 3.05) is 6.54 Å². The predicted octanol–water partition coefficient (Wildman–Crippen LogP) is 2.18. The highest BCUT2D eigenvalue weighted by Crippen LogP contribution is 2.26. The Labute approximate surface area is 118 Å². The Balaban J connectivity index is 1.98. The number of nitrogens with one attached hydrogen (secondary N) is 1. The molecule has 1 atom stereocenters. The summed E-state index contributed by atoms with van der Waals surface area (Å²) in [4.78, 5) is 11.9. The topological polar surface area (TPSA) is 68.3 Å². The minimum Gasteiger partial charge on any atom is -0.469 e. The largest absolute Gasteiger partial charge is 0.469 e. The molecule has 0 radical (unpaired) electrons. The van der Waals surface area contributed by atoms with E-state index >= 15 is 0 Å². The van der Waals surface area contributed by atoms with Crippen molar-refractivity contribution in [2.24, 2.45) is 5.73 Å². The average Bonchev–Trinajstić information content (AvgIpc) is 2.95. The normalized spacial score (nSPS) is 15.6. The first-order chi connectivity index (χ1) is 9.70. The van der Waals surface area contributed by atoms with Crippen molar-refractivity contribution >= 4 is 5.91 Å². The smallest absolute Gasteiger partial charge is 0.251 e. The maximum absolute atomic E-state index is 11.9. The van der Waals surface area contributed by atoms with E-state index in [-0.39, 0.29) is 11.9 Å². The molecule has 0 saturated carbocycles. The van der Waals surface area contributed by atoms with Crippen LogP contribution in [-0.2, 0) is 12.8 Å². The molecule has 4 heteroatoms. The Morgan fingerprint density at radius 3 is 3.05 bits per heavy atom. The molecular formula is C16H18N2O2. The minimum atomic E-state index is -0.260. The van der Waals surface area contributed by atoms with Crippen LogP contribution in [0.4, 0.5) is 0 Å². The van der Waals surface area contributed by atoms with Gasteiger partial charge in [-0.15, -0.1) is 0 Å². The Bertz CT molecular complexity index is 646. The SMILES string of the molecule is CCc1occc1C(N)c1ccc2c(c1)C(=O)NCC2. The monoisotopic (exact) mass is 270 g/mol. The standard InChI is InChI=1S/C16H18N2O2/c1-2-14-12(6-8-20-14)15(17)11-4-3-10-5-7-18-16(19)13(10)9-11/h3-4,6,8-9,15H,2,5,7,17H2,1H3,(H,18,19). The van der Waals surface area contributed by atoms with Crippen molar-refractivity contribution in [2.45, 2.75) is 25.8 Å². The molecule has 1 aliphatic heterocycles. The lowest BCUT2D eigenvalue weighted by molar-refractivity contribution is 0.0946. The molecule has 0 bridgehead atoms. The van der Waals surface area contributed by atoms with Crippen molar-refractivity contribution in [3.8, 4) is 0 Å². The molecule has 2 aromatic rings. The number of carbonyl (C=O) groups excluding carboxylic acids is 1. The van der Waals surface area contributed by atoms with E-state index in [1.807, 2.05) is 31.2 Å². The van der Waals surface area contributed by atoms with Gasteiger partial charge in [-0.2, -0.15) is 0 Å². The number of rotatable bonds is 3. The second-order valence-corrected chi connectivity index (χ2v) is 5.05. The van der Waals surface area contributed by atoms with Gasteiger partial charge in [0.05, 0.1) is 12.3 Å².